The van der Waals surface area contributed by atoms with Gasteiger partial charge in [-0.15, -0.1) is 10.2 Å². The van der Waals surface area contributed by atoms with Gasteiger partial charge in [0.2, 0.25) is 6.79 Å². The molecule has 1 saturated heterocycles. The van der Waals surface area contributed by atoms with Crippen LogP contribution in [0, 0.1) is 0 Å². The Morgan fingerprint density at radius 2 is 1.73 bits per heavy atom. The third kappa shape index (κ3) is 4.36. The minimum Gasteiger partial charge on any atom is -0.454 e. The van der Waals surface area contributed by atoms with E-state index in [2.05, 4.69) is 59.9 Å². The first-order valence-corrected chi connectivity index (χ1v) is 11.9. The summed E-state index contributed by atoms with van der Waals surface area (Å²) in [4.78, 5) is 2.47. The molecular weight excluding hydrogens is 464 g/mol. The lowest BCUT2D eigenvalue weighted by Crippen LogP contribution is -2.21. The van der Waals surface area contributed by atoms with E-state index >= 15 is 0 Å². The molecule has 0 aliphatic carbocycles. The van der Waals surface area contributed by atoms with Crippen molar-refractivity contribution in [1.82, 2.24) is 19.7 Å². The molecule has 6 nitrogen and oxygen atoms in total. The quantitative estimate of drug-likeness (QED) is 0.451. The molecule has 3 aromatic rings. The molecule has 5 rings (SSSR count). The zero-order valence-corrected chi connectivity index (χ0v) is 19.0. The van der Waals surface area contributed by atoms with Gasteiger partial charge in [-0.1, -0.05) is 58.0 Å². The number of thioether (sulfide) groups is 1. The van der Waals surface area contributed by atoms with Crippen molar-refractivity contribution >= 4 is 27.7 Å². The van der Waals surface area contributed by atoms with Gasteiger partial charge in [-0.05, 0) is 49.2 Å². The van der Waals surface area contributed by atoms with Gasteiger partial charge in [0.15, 0.2) is 16.7 Å². The van der Waals surface area contributed by atoms with Crippen LogP contribution in [0.15, 0.2) is 52.1 Å². The number of nitrogens with zero attached hydrogens (tertiary/aromatic N) is 4. The zero-order valence-electron chi connectivity index (χ0n) is 16.6. The van der Waals surface area contributed by atoms with E-state index in [1.807, 2.05) is 18.2 Å². The van der Waals surface area contributed by atoms with Crippen LogP contribution in [0.4, 0.5) is 0 Å². The maximum atomic E-state index is 5.54. The molecule has 0 bridgehead atoms. The van der Waals surface area contributed by atoms with E-state index < -0.39 is 0 Å². The van der Waals surface area contributed by atoms with Crippen molar-refractivity contribution in [3.8, 4) is 11.5 Å². The third-order valence-corrected chi connectivity index (χ3v) is 7.19. The molecule has 3 heterocycles. The normalized spacial score (nSPS) is 15.8. The monoisotopic (exact) mass is 486 g/mol. The summed E-state index contributed by atoms with van der Waals surface area (Å²) in [5.74, 6) is 3.39. The molecule has 0 atom stereocenters. The molecule has 8 heteroatoms. The molecule has 0 radical (unpaired) electrons. The number of rotatable bonds is 7. The number of likely N-dealkylation sites (tertiary alicyclic amines) is 1. The Morgan fingerprint density at radius 1 is 0.967 bits per heavy atom. The van der Waals surface area contributed by atoms with Crippen LogP contribution in [0.25, 0.3) is 0 Å². The predicted molar refractivity (Wildman–Crippen MR) is 120 cm³/mol. The zero-order chi connectivity index (χ0) is 20.3. The first kappa shape index (κ1) is 19.9. The fraction of sp³-hybridized carbons (Fsp3) is 0.364. The van der Waals surface area contributed by atoms with Crippen molar-refractivity contribution in [3.63, 3.8) is 0 Å². The molecule has 0 saturated carbocycles. The molecule has 2 aliphatic heterocycles. The van der Waals surface area contributed by atoms with Crippen LogP contribution in [-0.4, -0.2) is 39.5 Å². The van der Waals surface area contributed by atoms with Gasteiger partial charge < -0.3 is 14.0 Å². The van der Waals surface area contributed by atoms with Crippen molar-refractivity contribution in [2.24, 2.45) is 0 Å². The SMILES string of the molecule is Brc1cc2c(cc1CSc1nnc(CN3CCCC3)n1Cc1ccccc1)OCO2. The van der Waals surface area contributed by atoms with E-state index in [0.717, 1.165) is 64.4 Å². The molecule has 1 fully saturated rings. The largest absolute Gasteiger partial charge is 0.454 e. The summed E-state index contributed by atoms with van der Waals surface area (Å²) in [7, 11) is 0. The standard InChI is InChI=1S/C22H23BrN4O2S/c23-18-11-20-19(28-15-29-20)10-17(18)14-30-22-25-24-21(13-26-8-4-5-9-26)27(22)12-16-6-2-1-3-7-16/h1-3,6-7,10-11H,4-5,8-9,12-15H2. The highest BCUT2D eigenvalue weighted by atomic mass is 79.9. The Morgan fingerprint density at radius 3 is 2.53 bits per heavy atom. The number of ether oxygens (including phenoxy) is 2. The van der Waals surface area contributed by atoms with Crippen molar-refractivity contribution in [2.75, 3.05) is 19.9 Å². The number of halogens is 1. The van der Waals surface area contributed by atoms with Crippen molar-refractivity contribution in [2.45, 2.75) is 36.8 Å². The maximum absolute atomic E-state index is 5.54. The van der Waals surface area contributed by atoms with E-state index in [-0.39, 0.29) is 6.79 Å². The lowest BCUT2D eigenvalue weighted by Gasteiger charge is -2.16. The highest BCUT2D eigenvalue weighted by Crippen LogP contribution is 2.39. The molecule has 2 aliphatic rings. The van der Waals surface area contributed by atoms with E-state index in [0.29, 0.717) is 0 Å². The van der Waals surface area contributed by atoms with Crippen LogP contribution in [0.2, 0.25) is 0 Å². The van der Waals surface area contributed by atoms with Gasteiger partial charge in [0.25, 0.3) is 0 Å². The Bertz CT molecular complexity index is 1020. The lowest BCUT2D eigenvalue weighted by atomic mass is 10.2. The highest BCUT2D eigenvalue weighted by Gasteiger charge is 2.20. The highest BCUT2D eigenvalue weighted by molar-refractivity contribution is 9.10. The summed E-state index contributed by atoms with van der Waals surface area (Å²) in [6.45, 7) is 4.20. The number of fused-ring (bicyclic) bond motifs is 1. The average Bonchev–Trinajstić information content (AvgIpc) is 3.50. The molecule has 0 N–H and O–H groups in total. The Kier molecular flexibility index (Phi) is 5.97. The van der Waals surface area contributed by atoms with Crippen LogP contribution in [-0.2, 0) is 18.8 Å². The molecule has 0 unspecified atom stereocenters. The topological polar surface area (TPSA) is 52.4 Å². The Balaban J connectivity index is 1.37. The van der Waals surface area contributed by atoms with Gasteiger partial charge in [0.1, 0.15) is 5.82 Å². The summed E-state index contributed by atoms with van der Waals surface area (Å²) in [5.41, 5.74) is 2.41. The van der Waals surface area contributed by atoms with Crippen LogP contribution >= 0.6 is 27.7 Å². The Hall–Kier alpha value is -2.03. The fourth-order valence-electron chi connectivity index (χ4n) is 3.82. The second kappa shape index (κ2) is 8.99. The Labute approximate surface area is 188 Å². The first-order valence-electron chi connectivity index (χ1n) is 10.2. The van der Waals surface area contributed by atoms with Gasteiger partial charge >= 0.3 is 0 Å². The lowest BCUT2D eigenvalue weighted by molar-refractivity contribution is 0.174. The second-order valence-electron chi connectivity index (χ2n) is 7.54. The van der Waals surface area contributed by atoms with Gasteiger partial charge in [0, 0.05) is 10.2 Å². The van der Waals surface area contributed by atoms with E-state index in [4.69, 9.17) is 9.47 Å². The third-order valence-electron chi connectivity index (χ3n) is 5.44. The van der Waals surface area contributed by atoms with Crippen LogP contribution in [0.5, 0.6) is 11.5 Å². The van der Waals surface area contributed by atoms with E-state index in [1.54, 1.807) is 11.8 Å². The average molecular weight is 487 g/mol. The summed E-state index contributed by atoms with van der Waals surface area (Å²) >= 11 is 5.36. The van der Waals surface area contributed by atoms with Gasteiger partial charge in [0.05, 0.1) is 13.1 Å². The van der Waals surface area contributed by atoms with E-state index in [9.17, 15) is 0 Å². The smallest absolute Gasteiger partial charge is 0.231 e. The van der Waals surface area contributed by atoms with Gasteiger partial charge in [-0.2, -0.15) is 0 Å². The summed E-state index contributed by atoms with van der Waals surface area (Å²) < 4.78 is 14.3. The molecule has 156 valence electrons. The predicted octanol–water partition coefficient (Wildman–Crippen LogP) is 4.71. The van der Waals surface area contributed by atoms with Crippen molar-refractivity contribution in [3.05, 3.63) is 63.9 Å². The van der Waals surface area contributed by atoms with Crippen LogP contribution in [0.3, 0.4) is 0 Å². The minimum absolute atomic E-state index is 0.281. The first-order chi connectivity index (χ1) is 14.8. The van der Waals surface area contributed by atoms with Crippen LogP contribution in [0.1, 0.15) is 29.8 Å². The van der Waals surface area contributed by atoms with E-state index in [1.165, 1.54) is 18.4 Å². The summed E-state index contributed by atoms with van der Waals surface area (Å²) in [6.07, 6.45) is 2.54. The van der Waals surface area contributed by atoms with Crippen LogP contribution < -0.4 is 9.47 Å². The molecular formula is C22H23BrN4O2S. The number of aromatic nitrogens is 3. The number of hydrogen-bond acceptors (Lipinski definition) is 6. The van der Waals surface area contributed by atoms with Gasteiger partial charge in [-0.25, -0.2) is 0 Å². The van der Waals surface area contributed by atoms with Gasteiger partial charge in [-0.3, -0.25) is 4.90 Å². The maximum Gasteiger partial charge on any atom is 0.231 e. The minimum atomic E-state index is 0.281. The second-order valence-corrected chi connectivity index (χ2v) is 9.34. The molecule has 0 amide bonds. The fourth-order valence-corrected chi connectivity index (χ4v) is 5.42. The molecule has 30 heavy (non-hydrogen) atoms. The summed E-state index contributed by atoms with van der Waals surface area (Å²) in [5, 5.41) is 10.1. The number of hydrogen-bond donors (Lipinski definition) is 0. The molecule has 0 spiro atoms. The molecule has 2 aromatic carbocycles. The number of benzene rings is 2. The van der Waals surface area contributed by atoms with Crippen molar-refractivity contribution in [1.29, 1.82) is 0 Å². The molecule has 1 aromatic heterocycles. The summed E-state index contributed by atoms with van der Waals surface area (Å²) in [6, 6.07) is 14.5. The van der Waals surface area contributed by atoms with Crippen molar-refractivity contribution < 1.29 is 9.47 Å².